The number of benzene rings is 9. The molecule has 0 aromatic heterocycles. The molecular formula is C69H64N2. The summed E-state index contributed by atoms with van der Waals surface area (Å²) in [4.78, 5) is 5.01. The fourth-order valence-electron chi connectivity index (χ4n) is 11.8. The molecule has 2 heteroatoms. The Morgan fingerprint density at radius 1 is 0.493 bits per heavy atom. The summed E-state index contributed by atoms with van der Waals surface area (Å²) in [5.74, 6) is 0. The van der Waals surface area contributed by atoms with Gasteiger partial charge in [0.1, 0.15) is 0 Å². The van der Waals surface area contributed by atoms with Crippen LogP contribution in [0.5, 0.6) is 0 Å². The van der Waals surface area contributed by atoms with Crippen LogP contribution in [0.4, 0.5) is 28.4 Å². The molecule has 0 bridgehead atoms. The van der Waals surface area contributed by atoms with Crippen molar-refractivity contribution in [2.45, 2.75) is 78.1 Å². The summed E-state index contributed by atoms with van der Waals surface area (Å²) in [5.41, 5.74) is 20.2. The van der Waals surface area contributed by atoms with Crippen molar-refractivity contribution in [2.75, 3.05) is 16.3 Å². The topological polar surface area (TPSA) is 6.48 Å². The minimum atomic E-state index is -0.134. The number of allylic oxidation sites excluding steroid dienone is 3. The summed E-state index contributed by atoms with van der Waals surface area (Å²) in [7, 11) is 0. The Labute approximate surface area is 422 Å². The van der Waals surface area contributed by atoms with Gasteiger partial charge >= 0.3 is 0 Å². The molecule has 350 valence electrons. The molecule has 0 atom stereocenters. The van der Waals surface area contributed by atoms with Gasteiger partial charge < -0.3 is 9.80 Å². The van der Waals surface area contributed by atoms with Crippen molar-refractivity contribution in [3.8, 4) is 11.1 Å². The second-order valence-corrected chi connectivity index (χ2v) is 21.6. The molecule has 0 radical (unpaired) electrons. The maximum Gasteiger partial charge on any atom is 0.0619 e. The minimum Gasteiger partial charge on any atom is -0.337 e. The van der Waals surface area contributed by atoms with E-state index in [-0.39, 0.29) is 16.2 Å². The highest BCUT2D eigenvalue weighted by molar-refractivity contribution is 6.22. The molecule has 0 spiro atoms. The molecule has 0 saturated carbocycles. The summed E-state index contributed by atoms with van der Waals surface area (Å²) in [6.45, 7) is 19.4. The van der Waals surface area contributed by atoms with E-state index in [1.54, 1.807) is 0 Å². The maximum atomic E-state index is 2.53. The van der Waals surface area contributed by atoms with Crippen molar-refractivity contribution in [3.05, 3.63) is 251 Å². The van der Waals surface area contributed by atoms with Crippen LogP contribution in [0.25, 0.3) is 50.4 Å². The SMILES string of the molecule is CC/C=C(\C=C/CN1c2ccccc2C(C)(C)c2ccccc21)c1ccc(/C=C/c2ccc(-c3c4ccccc4c(N4c5ccccc5C(C)(C)c5ccccc54)c4ccccc34)cc2)cc1C(C)(C)C. The Morgan fingerprint density at radius 3 is 1.44 bits per heavy atom. The Balaban J connectivity index is 0.907. The summed E-state index contributed by atoms with van der Waals surface area (Å²) in [6.07, 6.45) is 12.6. The van der Waals surface area contributed by atoms with E-state index >= 15 is 0 Å². The first-order chi connectivity index (χ1) is 34.4. The van der Waals surface area contributed by atoms with E-state index in [4.69, 9.17) is 0 Å². The van der Waals surface area contributed by atoms with Gasteiger partial charge in [-0.1, -0.05) is 250 Å². The van der Waals surface area contributed by atoms with Crippen LogP contribution >= 0.6 is 0 Å². The van der Waals surface area contributed by atoms with Crippen LogP contribution in [0.1, 0.15) is 106 Å². The van der Waals surface area contributed by atoms with Crippen LogP contribution in [0.15, 0.2) is 206 Å². The lowest BCUT2D eigenvalue weighted by Gasteiger charge is -2.42. The van der Waals surface area contributed by atoms with Gasteiger partial charge in [-0.15, -0.1) is 0 Å². The lowest BCUT2D eigenvalue weighted by molar-refractivity contribution is 0.588. The van der Waals surface area contributed by atoms with Crippen LogP contribution < -0.4 is 9.80 Å². The minimum absolute atomic E-state index is 0.0592. The van der Waals surface area contributed by atoms with Gasteiger partial charge in [-0.25, -0.2) is 0 Å². The molecule has 71 heavy (non-hydrogen) atoms. The lowest BCUT2D eigenvalue weighted by Crippen LogP contribution is -2.32. The molecule has 2 heterocycles. The Morgan fingerprint density at radius 2 is 0.930 bits per heavy atom. The number of hydrogen-bond acceptors (Lipinski definition) is 2. The average Bonchev–Trinajstić information content (AvgIpc) is 3.38. The monoisotopic (exact) mass is 921 g/mol. The first-order valence-corrected chi connectivity index (χ1v) is 25.6. The largest absolute Gasteiger partial charge is 0.337 e. The molecule has 0 fully saturated rings. The van der Waals surface area contributed by atoms with Crippen LogP contribution in [0, 0.1) is 0 Å². The predicted octanol–water partition coefficient (Wildman–Crippen LogP) is 19.1. The number of fused-ring (bicyclic) bond motifs is 6. The van der Waals surface area contributed by atoms with Crippen molar-refractivity contribution >= 4 is 67.7 Å². The molecule has 2 aliphatic heterocycles. The second-order valence-electron chi connectivity index (χ2n) is 21.6. The molecule has 0 aliphatic carbocycles. The Kier molecular flexibility index (Phi) is 11.6. The van der Waals surface area contributed by atoms with Gasteiger partial charge in [-0.2, -0.15) is 0 Å². The van der Waals surface area contributed by atoms with E-state index in [1.165, 1.54) is 111 Å². The smallest absolute Gasteiger partial charge is 0.0619 e. The van der Waals surface area contributed by atoms with Crippen molar-refractivity contribution in [1.29, 1.82) is 0 Å². The van der Waals surface area contributed by atoms with E-state index in [1.807, 2.05) is 0 Å². The number of rotatable bonds is 9. The summed E-state index contributed by atoms with van der Waals surface area (Å²) >= 11 is 0. The molecule has 2 nitrogen and oxygen atoms in total. The van der Waals surface area contributed by atoms with Gasteiger partial charge in [0.15, 0.2) is 0 Å². The van der Waals surface area contributed by atoms with E-state index in [2.05, 4.69) is 284 Å². The molecule has 0 amide bonds. The van der Waals surface area contributed by atoms with E-state index in [0.29, 0.717) is 0 Å². The maximum absolute atomic E-state index is 2.53. The Bertz CT molecular complexity index is 3430. The molecule has 11 rings (SSSR count). The van der Waals surface area contributed by atoms with Gasteiger partial charge in [0.2, 0.25) is 0 Å². The predicted molar refractivity (Wildman–Crippen MR) is 307 cm³/mol. The van der Waals surface area contributed by atoms with E-state index in [0.717, 1.165) is 13.0 Å². The molecule has 9 aromatic carbocycles. The lowest BCUT2D eigenvalue weighted by atomic mass is 9.73. The number of anilines is 5. The van der Waals surface area contributed by atoms with Crippen molar-refractivity contribution in [3.63, 3.8) is 0 Å². The van der Waals surface area contributed by atoms with Gasteiger partial charge in [0.25, 0.3) is 0 Å². The van der Waals surface area contributed by atoms with E-state index < -0.39 is 0 Å². The standard InChI is InChI=1S/C69H64N2/c1-9-23-49(24-22-45-70-61-33-18-14-29-56(61)68(5,6)57-30-15-19-34-62(57)70)51-44-41-48(46-60(51)67(2,3)4)38-37-47-39-42-50(43-40-47)65-52-25-10-12-27-54(52)66(55-28-13-11-26-53(55)65)71-63-35-20-16-31-58(63)69(7,8)59-32-17-21-36-64(59)71/h10-44,46H,9,45H2,1-8H3/b24-22-,38-37+,49-23+. The fourth-order valence-corrected chi connectivity index (χ4v) is 11.8. The highest BCUT2D eigenvalue weighted by Crippen LogP contribution is 2.56. The van der Waals surface area contributed by atoms with Crippen LogP contribution in [0.3, 0.4) is 0 Å². The van der Waals surface area contributed by atoms with Crippen molar-refractivity contribution < 1.29 is 0 Å². The van der Waals surface area contributed by atoms with Gasteiger partial charge in [0.05, 0.1) is 17.1 Å². The zero-order valence-electron chi connectivity index (χ0n) is 42.6. The van der Waals surface area contributed by atoms with Crippen LogP contribution in [-0.2, 0) is 16.2 Å². The van der Waals surface area contributed by atoms with Crippen LogP contribution in [-0.4, -0.2) is 6.54 Å². The fraction of sp³-hybridized carbons (Fsp3) is 0.188. The van der Waals surface area contributed by atoms with E-state index in [9.17, 15) is 0 Å². The molecule has 0 saturated heterocycles. The summed E-state index contributed by atoms with van der Waals surface area (Å²) in [6, 6.07) is 69.9. The first-order valence-electron chi connectivity index (χ1n) is 25.6. The first kappa shape index (κ1) is 45.7. The number of hydrogen-bond donors (Lipinski definition) is 0. The van der Waals surface area contributed by atoms with Crippen LogP contribution in [0.2, 0.25) is 0 Å². The third-order valence-corrected chi connectivity index (χ3v) is 15.3. The quantitative estimate of drug-likeness (QED) is 0.0809. The zero-order chi connectivity index (χ0) is 49.1. The normalized spacial score (nSPS) is 15.0. The van der Waals surface area contributed by atoms with Crippen molar-refractivity contribution in [1.82, 2.24) is 0 Å². The highest BCUT2D eigenvalue weighted by atomic mass is 15.2. The second kappa shape index (κ2) is 17.9. The molecule has 9 aromatic rings. The summed E-state index contributed by atoms with van der Waals surface area (Å²) < 4.78 is 0. The molecular weight excluding hydrogens is 857 g/mol. The van der Waals surface area contributed by atoms with Crippen molar-refractivity contribution in [2.24, 2.45) is 0 Å². The average molecular weight is 921 g/mol. The number of nitrogens with zero attached hydrogens (tertiary/aromatic N) is 2. The number of para-hydroxylation sites is 4. The van der Waals surface area contributed by atoms with Gasteiger partial charge in [0, 0.05) is 39.5 Å². The molecule has 0 unspecified atom stereocenters. The third kappa shape index (κ3) is 7.91. The molecule has 0 N–H and O–H groups in total. The van der Waals surface area contributed by atoms with Gasteiger partial charge in [-0.05, 0) is 108 Å². The third-order valence-electron chi connectivity index (χ3n) is 15.3. The molecule has 2 aliphatic rings. The summed E-state index contributed by atoms with van der Waals surface area (Å²) in [5, 5.41) is 4.97. The zero-order valence-corrected chi connectivity index (χ0v) is 42.6. The van der Waals surface area contributed by atoms with Gasteiger partial charge in [-0.3, -0.25) is 0 Å². The Hall–Kier alpha value is -7.68. The highest BCUT2D eigenvalue weighted by Gasteiger charge is 2.38.